The van der Waals surface area contributed by atoms with Crippen LogP contribution in [-0.2, 0) is 6.54 Å². The van der Waals surface area contributed by atoms with Gasteiger partial charge in [0.25, 0.3) is 5.91 Å². The number of rotatable bonds is 7. The second kappa shape index (κ2) is 8.04. The maximum absolute atomic E-state index is 11.9. The summed E-state index contributed by atoms with van der Waals surface area (Å²) in [6.45, 7) is 1.91. The molecule has 0 fully saturated rings. The predicted molar refractivity (Wildman–Crippen MR) is 84.5 cm³/mol. The zero-order valence-electron chi connectivity index (χ0n) is 12.8. The highest BCUT2D eigenvalue weighted by Crippen LogP contribution is 2.02. The summed E-state index contributed by atoms with van der Waals surface area (Å²) < 4.78 is 0. The number of aromatic nitrogens is 3. The van der Waals surface area contributed by atoms with Gasteiger partial charge in [0.15, 0.2) is 0 Å². The molecule has 2 aromatic rings. The lowest BCUT2D eigenvalue weighted by atomic mass is 10.3. The minimum atomic E-state index is -0.168. The Hall–Kier alpha value is -2.54. The lowest BCUT2D eigenvalue weighted by Crippen LogP contribution is -2.31. The molecule has 2 rings (SSSR count). The van der Waals surface area contributed by atoms with Crippen LogP contribution in [0, 0.1) is 0 Å². The van der Waals surface area contributed by atoms with Crippen molar-refractivity contribution in [1.82, 2.24) is 25.2 Å². The molecule has 0 aliphatic rings. The number of likely N-dealkylation sites (N-methyl/N-ethyl adjacent to an activating group) is 1. The molecule has 2 heterocycles. The van der Waals surface area contributed by atoms with Crippen molar-refractivity contribution >= 4 is 11.9 Å². The first kappa shape index (κ1) is 15.8. The van der Waals surface area contributed by atoms with E-state index in [2.05, 4.69) is 25.6 Å². The van der Waals surface area contributed by atoms with Crippen molar-refractivity contribution in [3.8, 4) is 0 Å². The second-order valence-corrected chi connectivity index (χ2v) is 5.03. The Morgan fingerprint density at radius 3 is 2.59 bits per heavy atom. The van der Waals surface area contributed by atoms with Gasteiger partial charge in [0.1, 0.15) is 0 Å². The Morgan fingerprint density at radius 1 is 1.18 bits per heavy atom. The van der Waals surface area contributed by atoms with Crippen LogP contribution >= 0.6 is 0 Å². The fraction of sp³-hybridized carbons (Fsp3) is 0.333. The monoisotopic (exact) mass is 300 g/mol. The van der Waals surface area contributed by atoms with Gasteiger partial charge in [-0.1, -0.05) is 6.07 Å². The first-order chi connectivity index (χ1) is 10.6. The molecule has 0 radical (unpaired) electrons. The molecule has 0 spiro atoms. The van der Waals surface area contributed by atoms with Gasteiger partial charge in [0.05, 0.1) is 17.8 Å². The zero-order valence-corrected chi connectivity index (χ0v) is 12.8. The van der Waals surface area contributed by atoms with Crippen LogP contribution in [0.4, 0.5) is 5.95 Å². The van der Waals surface area contributed by atoms with Crippen molar-refractivity contribution < 1.29 is 4.79 Å². The Labute approximate surface area is 129 Å². The van der Waals surface area contributed by atoms with E-state index in [1.807, 2.05) is 37.2 Å². The molecule has 1 amide bonds. The molecule has 2 aromatic heterocycles. The average molecular weight is 300 g/mol. The van der Waals surface area contributed by atoms with Crippen LogP contribution in [0.3, 0.4) is 0 Å². The van der Waals surface area contributed by atoms with Gasteiger partial charge in [0, 0.05) is 31.7 Å². The molecule has 0 aliphatic carbocycles. The van der Waals surface area contributed by atoms with Crippen LogP contribution in [0.1, 0.15) is 16.1 Å². The van der Waals surface area contributed by atoms with Crippen molar-refractivity contribution in [2.24, 2.45) is 0 Å². The molecule has 0 saturated carbocycles. The number of hydrogen-bond acceptors (Lipinski definition) is 6. The lowest BCUT2D eigenvalue weighted by molar-refractivity contribution is 0.0950. The topological polar surface area (TPSA) is 83.0 Å². The first-order valence-electron chi connectivity index (χ1n) is 7.04. The van der Waals surface area contributed by atoms with Gasteiger partial charge < -0.3 is 15.5 Å². The first-order valence-corrected chi connectivity index (χ1v) is 7.04. The summed E-state index contributed by atoms with van der Waals surface area (Å²) in [5, 5.41) is 5.88. The second-order valence-electron chi connectivity index (χ2n) is 5.03. The van der Waals surface area contributed by atoms with Crippen molar-refractivity contribution in [3.05, 3.63) is 48.0 Å². The van der Waals surface area contributed by atoms with E-state index in [4.69, 9.17) is 0 Å². The third kappa shape index (κ3) is 5.10. The minimum Gasteiger partial charge on any atom is -0.351 e. The van der Waals surface area contributed by atoms with Gasteiger partial charge in [-0.25, -0.2) is 9.97 Å². The maximum atomic E-state index is 11.9. The van der Waals surface area contributed by atoms with E-state index in [1.54, 1.807) is 6.20 Å². The fourth-order valence-electron chi connectivity index (χ4n) is 1.70. The highest BCUT2D eigenvalue weighted by molar-refractivity contribution is 5.93. The third-order valence-electron chi connectivity index (χ3n) is 2.91. The molecule has 22 heavy (non-hydrogen) atoms. The van der Waals surface area contributed by atoms with Gasteiger partial charge >= 0.3 is 0 Å². The number of amides is 1. The largest absolute Gasteiger partial charge is 0.351 e. The van der Waals surface area contributed by atoms with Gasteiger partial charge in [-0.05, 0) is 26.2 Å². The number of nitrogens with one attached hydrogen (secondary N) is 2. The number of anilines is 1. The number of hydrogen-bond donors (Lipinski definition) is 2. The van der Waals surface area contributed by atoms with Crippen LogP contribution in [-0.4, -0.2) is 52.9 Å². The van der Waals surface area contributed by atoms with Gasteiger partial charge in [-0.2, -0.15) is 0 Å². The van der Waals surface area contributed by atoms with Crippen molar-refractivity contribution in [1.29, 1.82) is 0 Å². The summed E-state index contributed by atoms with van der Waals surface area (Å²) >= 11 is 0. The lowest BCUT2D eigenvalue weighted by Gasteiger charge is -2.10. The van der Waals surface area contributed by atoms with Crippen LogP contribution in [0.5, 0.6) is 0 Å². The normalized spacial score (nSPS) is 10.5. The molecular weight excluding hydrogens is 280 g/mol. The molecule has 0 atom stereocenters. The van der Waals surface area contributed by atoms with Crippen molar-refractivity contribution in [2.75, 3.05) is 32.5 Å². The van der Waals surface area contributed by atoms with E-state index in [1.165, 1.54) is 12.4 Å². The Bertz CT molecular complexity index is 585. The molecule has 7 nitrogen and oxygen atoms in total. The molecule has 7 heteroatoms. The summed E-state index contributed by atoms with van der Waals surface area (Å²) in [6, 6.07) is 5.70. The molecule has 0 bridgehead atoms. The SMILES string of the molecule is CN(C)CCNC(=O)c1cnc(NCc2ccccn2)nc1. The van der Waals surface area contributed by atoms with Crippen molar-refractivity contribution in [2.45, 2.75) is 6.54 Å². The summed E-state index contributed by atoms with van der Waals surface area (Å²) in [4.78, 5) is 26.4. The van der Waals surface area contributed by atoms with Gasteiger partial charge in [-0.15, -0.1) is 0 Å². The van der Waals surface area contributed by atoms with Gasteiger partial charge in [-0.3, -0.25) is 9.78 Å². The zero-order chi connectivity index (χ0) is 15.8. The molecule has 0 unspecified atom stereocenters. The predicted octanol–water partition coefficient (Wildman–Crippen LogP) is 0.775. The van der Waals surface area contributed by atoms with Crippen LogP contribution < -0.4 is 10.6 Å². The summed E-state index contributed by atoms with van der Waals surface area (Å²) in [5.74, 6) is 0.300. The molecule has 2 N–H and O–H groups in total. The Morgan fingerprint density at radius 2 is 1.95 bits per heavy atom. The average Bonchev–Trinajstić information content (AvgIpc) is 2.54. The Balaban J connectivity index is 1.83. The Kier molecular flexibility index (Phi) is 5.79. The van der Waals surface area contributed by atoms with Crippen LogP contribution in [0.15, 0.2) is 36.8 Å². The minimum absolute atomic E-state index is 0.168. The van der Waals surface area contributed by atoms with Gasteiger partial charge in [0.2, 0.25) is 5.95 Å². The quantitative estimate of drug-likeness (QED) is 0.786. The van der Waals surface area contributed by atoms with E-state index in [0.717, 1.165) is 12.2 Å². The fourth-order valence-corrected chi connectivity index (χ4v) is 1.70. The van der Waals surface area contributed by atoms with E-state index in [9.17, 15) is 4.79 Å². The smallest absolute Gasteiger partial charge is 0.254 e. The number of pyridine rings is 1. The highest BCUT2D eigenvalue weighted by atomic mass is 16.1. The van der Waals surface area contributed by atoms with E-state index in [0.29, 0.717) is 24.6 Å². The number of carbonyl (C=O) groups excluding carboxylic acids is 1. The van der Waals surface area contributed by atoms with E-state index >= 15 is 0 Å². The molecule has 0 saturated heterocycles. The molecule has 0 aliphatic heterocycles. The molecule has 116 valence electrons. The number of carbonyl (C=O) groups is 1. The van der Waals surface area contributed by atoms with E-state index in [-0.39, 0.29) is 5.91 Å². The van der Waals surface area contributed by atoms with Crippen LogP contribution in [0.2, 0.25) is 0 Å². The molecular formula is C15H20N6O. The standard InChI is InChI=1S/C15H20N6O/c1-21(2)8-7-17-14(22)12-9-18-15(19-10-12)20-11-13-5-3-4-6-16-13/h3-6,9-10H,7-8,11H2,1-2H3,(H,17,22)(H,18,19,20). The van der Waals surface area contributed by atoms with Crippen molar-refractivity contribution in [3.63, 3.8) is 0 Å². The maximum Gasteiger partial charge on any atom is 0.254 e. The third-order valence-corrected chi connectivity index (χ3v) is 2.91. The van der Waals surface area contributed by atoms with E-state index < -0.39 is 0 Å². The number of nitrogens with zero attached hydrogens (tertiary/aromatic N) is 4. The van der Waals surface area contributed by atoms with Crippen LogP contribution in [0.25, 0.3) is 0 Å². The summed E-state index contributed by atoms with van der Waals surface area (Å²) in [5.41, 5.74) is 1.35. The summed E-state index contributed by atoms with van der Waals surface area (Å²) in [6.07, 6.45) is 4.76. The molecule has 0 aromatic carbocycles. The summed E-state index contributed by atoms with van der Waals surface area (Å²) in [7, 11) is 3.91. The highest BCUT2D eigenvalue weighted by Gasteiger charge is 2.06.